The van der Waals surface area contributed by atoms with Gasteiger partial charge in [-0.2, -0.15) is 0 Å². The number of fused-ring (bicyclic) bond motifs is 1. The van der Waals surface area contributed by atoms with Crippen molar-refractivity contribution in [3.63, 3.8) is 0 Å². The number of carbonyl (C=O) groups is 1. The SMILES string of the molecule is CCOc1cc(C(=O)N2c3ccccc3C[C@H]2C)ccc1OCc1cccnc1. The van der Waals surface area contributed by atoms with Crippen LogP contribution in [0.15, 0.2) is 67.0 Å². The zero-order chi connectivity index (χ0) is 20.2. The van der Waals surface area contributed by atoms with E-state index in [0.717, 1.165) is 17.7 Å². The number of hydrogen-bond acceptors (Lipinski definition) is 4. The molecule has 0 saturated heterocycles. The van der Waals surface area contributed by atoms with Gasteiger partial charge < -0.3 is 14.4 Å². The van der Waals surface area contributed by atoms with Crippen LogP contribution in [0.5, 0.6) is 11.5 Å². The highest BCUT2D eigenvalue weighted by molar-refractivity contribution is 6.08. The Morgan fingerprint density at radius 1 is 1.10 bits per heavy atom. The monoisotopic (exact) mass is 388 g/mol. The maximum absolute atomic E-state index is 13.3. The van der Waals surface area contributed by atoms with Crippen molar-refractivity contribution in [3.8, 4) is 11.5 Å². The van der Waals surface area contributed by atoms with Crippen molar-refractivity contribution >= 4 is 11.6 Å². The first-order valence-corrected chi connectivity index (χ1v) is 9.87. The lowest BCUT2D eigenvalue weighted by Gasteiger charge is -2.23. The minimum absolute atomic E-state index is 0.0257. The lowest BCUT2D eigenvalue weighted by molar-refractivity contribution is 0.0981. The van der Waals surface area contributed by atoms with Gasteiger partial charge in [0.15, 0.2) is 11.5 Å². The van der Waals surface area contributed by atoms with Crippen molar-refractivity contribution in [3.05, 3.63) is 83.7 Å². The molecule has 1 aromatic heterocycles. The summed E-state index contributed by atoms with van der Waals surface area (Å²) in [6.45, 7) is 4.87. The van der Waals surface area contributed by atoms with Gasteiger partial charge in [-0.05, 0) is 56.2 Å². The molecule has 1 aliphatic rings. The molecule has 1 atom stereocenters. The van der Waals surface area contributed by atoms with Crippen LogP contribution in [0.25, 0.3) is 0 Å². The summed E-state index contributed by atoms with van der Waals surface area (Å²) in [6.07, 6.45) is 4.37. The van der Waals surface area contributed by atoms with Crippen LogP contribution in [0.2, 0.25) is 0 Å². The zero-order valence-electron chi connectivity index (χ0n) is 16.7. The number of nitrogens with zero attached hydrogens (tertiary/aromatic N) is 2. The summed E-state index contributed by atoms with van der Waals surface area (Å²) in [5.74, 6) is 1.16. The maximum atomic E-state index is 13.3. The van der Waals surface area contributed by atoms with Gasteiger partial charge >= 0.3 is 0 Å². The predicted octanol–water partition coefficient (Wildman–Crippen LogP) is 4.65. The molecule has 0 aliphatic carbocycles. The third kappa shape index (κ3) is 3.94. The molecule has 2 aromatic carbocycles. The molecule has 0 spiro atoms. The number of aromatic nitrogens is 1. The van der Waals surface area contributed by atoms with Gasteiger partial charge in [-0.1, -0.05) is 24.3 Å². The predicted molar refractivity (Wildman–Crippen MR) is 113 cm³/mol. The summed E-state index contributed by atoms with van der Waals surface area (Å²) in [5.41, 5.74) is 3.75. The lowest BCUT2D eigenvalue weighted by atomic mass is 10.1. The smallest absolute Gasteiger partial charge is 0.258 e. The Bertz CT molecular complexity index is 1000. The van der Waals surface area contributed by atoms with E-state index in [1.165, 1.54) is 5.56 Å². The van der Waals surface area contributed by atoms with E-state index in [4.69, 9.17) is 9.47 Å². The van der Waals surface area contributed by atoms with Gasteiger partial charge in [-0.15, -0.1) is 0 Å². The van der Waals surface area contributed by atoms with Crippen molar-refractivity contribution in [2.24, 2.45) is 0 Å². The molecule has 0 N–H and O–H groups in total. The van der Waals surface area contributed by atoms with Crippen LogP contribution in [0.4, 0.5) is 5.69 Å². The zero-order valence-corrected chi connectivity index (χ0v) is 16.7. The van der Waals surface area contributed by atoms with Crippen molar-refractivity contribution in [1.82, 2.24) is 4.98 Å². The number of hydrogen-bond donors (Lipinski definition) is 0. The maximum Gasteiger partial charge on any atom is 0.258 e. The second-order valence-electron chi connectivity index (χ2n) is 7.10. The van der Waals surface area contributed by atoms with Gasteiger partial charge in [-0.3, -0.25) is 9.78 Å². The Labute approximate surface area is 170 Å². The molecular weight excluding hydrogens is 364 g/mol. The number of rotatable bonds is 6. The van der Waals surface area contributed by atoms with Gasteiger partial charge in [0.2, 0.25) is 0 Å². The van der Waals surface area contributed by atoms with E-state index in [2.05, 4.69) is 18.0 Å². The lowest BCUT2D eigenvalue weighted by Crippen LogP contribution is -2.35. The number of amides is 1. The highest BCUT2D eigenvalue weighted by Crippen LogP contribution is 2.35. The molecule has 0 saturated carbocycles. The van der Waals surface area contributed by atoms with E-state index in [0.29, 0.717) is 30.3 Å². The molecule has 148 valence electrons. The number of pyridine rings is 1. The first-order chi connectivity index (χ1) is 14.2. The van der Waals surface area contributed by atoms with Crippen molar-refractivity contribution in [2.75, 3.05) is 11.5 Å². The Kier molecular flexibility index (Phi) is 5.47. The average molecular weight is 388 g/mol. The Morgan fingerprint density at radius 3 is 2.76 bits per heavy atom. The van der Waals surface area contributed by atoms with Crippen LogP contribution < -0.4 is 14.4 Å². The Balaban J connectivity index is 1.58. The molecule has 5 heteroatoms. The molecule has 29 heavy (non-hydrogen) atoms. The highest BCUT2D eigenvalue weighted by Gasteiger charge is 2.31. The number of benzene rings is 2. The van der Waals surface area contributed by atoms with Gasteiger partial charge in [0.05, 0.1) is 6.61 Å². The van der Waals surface area contributed by atoms with E-state index in [1.807, 2.05) is 42.2 Å². The minimum Gasteiger partial charge on any atom is -0.490 e. The number of ether oxygens (including phenoxy) is 2. The standard InChI is InChI=1S/C24H24N2O3/c1-3-28-23-14-20(10-11-22(23)29-16-18-7-6-12-25-15-18)24(27)26-17(2)13-19-8-4-5-9-21(19)26/h4-12,14-15,17H,3,13,16H2,1-2H3/t17-/m1/s1. The summed E-state index contributed by atoms with van der Waals surface area (Å²) in [4.78, 5) is 19.3. The third-order valence-electron chi connectivity index (χ3n) is 5.03. The summed E-state index contributed by atoms with van der Waals surface area (Å²) in [6, 6.07) is 17.4. The van der Waals surface area contributed by atoms with E-state index >= 15 is 0 Å². The highest BCUT2D eigenvalue weighted by atomic mass is 16.5. The first-order valence-electron chi connectivity index (χ1n) is 9.87. The van der Waals surface area contributed by atoms with Gasteiger partial charge in [-0.25, -0.2) is 0 Å². The van der Waals surface area contributed by atoms with Crippen LogP contribution in [0.1, 0.15) is 35.3 Å². The molecule has 0 bridgehead atoms. The van der Waals surface area contributed by atoms with Crippen molar-refractivity contribution in [1.29, 1.82) is 0 Å². The fourth-order valence-electron chi connectivity index (χ4n) is 3.69. The minimum atomic E-state index is -0.0257. The van der Waals surface area contributed by atoms with Crippen LogP contribution in [0.3, 0.4) is 0 Å². The molecule has 5 nitrogen and oxygen atoms in total. The molecule has 1 amide bonds. The van der Waals surface area contributed by atoms with E-state index in [9.17, 15) is 4.79 Å². The van der Waals surface area contributed by atoms with Crippen LogP contribution in [0, 0.1) is 0 Å². The fraction of sp³-hybridized carbons (Fsp3) is 0.250. The van der Waals surface area contributed by atoms with E-state index < -0.39 is 0 Å². The van der Waals surface area contributed by atoms with Gasteiger partial charge in [0, 0.05) is 35.2 Å². The topological polar surface area (TPSA) is 51.7 Å². The average Bonchev–Trinajstić information content (AvgIpc) is 3.09. The summed E-state index contributed by atoms with van der Waals surface area (Å²) in [5, 5.41) is 0. The second kappa shape index (κ2) is 8.35. The van der Waals surface area contributed by atoms with Gasteiger partial charge in [0.25, 0.3) is 5.91 Å². The normalized spacial score (nSPS) is 15.1. The largest absolute Gasteiger partial charge is 0.490 e. The van der Waals surface area contributed by atoms with Crippen molar-refractivity contribution in [2.45, 2.75) is 32.9 Å². The molecule has 0 unspecified atom stereocenters. The van der Waals surface area contributed by atoms with E-state index in [-0.39, 0.29) is 11.9 Å². The molecule has 1 aliphatic heterocycles. The third-order valence-corrected chi connectivity index (χ3v) is 5.03. The van der Waals surface area contributed by atoms with Crippen LogP contribution in [-0.2, 0) is 13.0 Å². The Hall–Kier alpha value is -3.34. The van der Waals surface area contributed by atoms with Crippen LogP contribution in [-0.4, -0.2) is 23.5 Å². The molecule has 0 radical (unpaired) electrons. The number of carbonyl (C=O) groups excluding carboxylic acids is 1. The second-order valence-corrected chi connectivity index (χ2v) is 7.10. The molecule has 0 fully saturated rings. The number of para-hydroxylation sites is 1. The molecular formula is C24H24N2O3. The molecule has 2 heterocycles. The van der Waals surface area contributed by atoms with E-state index in [1.54, 1.807) is 30.6 Å². The summed E-state index contributed by atoms with van der Waals surface area (Å²) < 4.78 is 11.7. The van der Waals surface area contributed by atoms with Gasteiger partial charge in [0.1, 0.15) is 6.61 Å². The quantitative estimate of drug-likeness (QED) is 0.617. The Morgan fingerprint density at radius 2 is 1.97 bits per heavy atom. The first kappa shape index (κ1) is 19.0. The summed E-state index contributed by atoms with van der Waals surface area (Å²) in [7, 11) is 0. The van der Waals surface area contributed by atoms with Crippen LogP contribution >= 0.6 is 0 Å². The summed E-state index contributed by atoms with van der Waals surface area (Å²) >= 11 is 0. The molecule has 4 rings (SSSR count). The van der Waals surface area contributed by atoms with Crippen molar-refractivity contribution < 1.29 is 14.3 Å². The number of anilines is 1. The molecule has 3 aromatic rings. The fourth-order valence-corrected chi connectivity index (χ4v) is 3.69.